The lowest BCUT2D eigenvalue weighted by Gasteiger charge is -2.39. The van der Waals surface area contributed by atoms with Gasteiger partial charge in [0.15, 0.2) is 0 Å². The van der Waals surface area contributed by atoms with E-state index in [1.807, 2.05) is 11.8 Å². The van der Waals surface area contributed by atoms with E-state index in [4.69, 9.17) is 0 Å². The minimum atomic E-state index is 0.424. The molecule has 110 valence electrons. The Balaban J connectivity index is 4.62. The van der Waals surface area contributed by atoms with Crippen molar-refractivity contribution < 1.29 is 0 Å². The van der Waals surface area contributed by atoms with Crippen molar-refractivity contribution >= 4 is 24.4 Å². The lowest BCUT2D eigenvalue weighted by atomic mass is 9.80. The fourth-order valence-corrected chi connectivity index (χ4v) is 4.25. The van der Waals surface area contributed by atoms with Crippen LogP contribution >= 0.6 is 24.4 Å². The Labute approximate surface area is 125 Å². The minimum Gasteiger partial charge on any atom is -0.302 e. The second kappa shape index (κ2) is 10.4. The Morgan fingerprint density at radius 1 is 1.17 bits per heavy atom. The van der Waals surface area contributed by atoms with Crippen LogP contribution in [0.1, 0.15) is 52.9 Å². The summed E-state index contributed by atoms with van der Waals surface area (Å²) in [6.45, 7) is 8.11. The molecule has 0 saturated carbocycles. The molecular formula is C15H33NS2. The molecular weight excluding hydrogens is 258 g/mol. The van der Waals surface area contributed by atoms with E-state index in [9.17, 15) is 0 Å². The van der Waals surface area contributed by atoms with Crippen molar-refractivity contribution in [2.45, 2.75) is 58.9 Å². The highest BCUT2D eigenvalue weighted by molar-refractivity contribution is 7.98. The average Bonchev–Trinajstić information content (AvgIpc) is 2.36. The van der Waals surface area contributed by atoms with E-state index >= 15 is 0 Å². The maximum Gasteiger partial charge on any atom is 0.0180 e. The highest BCUT2D eigenvalue weighted by atomic mass is 32.2. The van der Waals surface area contributed by atoms with Crippen LogP contribution in [-0.4, -0.2) is 42.3 Å². The Bertz CT molecular complexity index is 191. The first-order valence-electron chi connectivity index (χ1n) is 7.39. The summed E-state index contributed by atoms with van der Waals surface area (Å²) >= 11 is 6.62. The zero-order valence-corrected chi connectivity index (χ0v) is 14.7. The van der Waals surface area contributed by atoms with E-state index < -0.39 is 0 Å². The van der Waals surface area contributed by atoms with Gasteiger partial charge in [-0.25, -0.2) is 0 Å². The number of hydrogen-bond donors (Lipinski definition) is 1. The molecule has 0 bridgehead atoms. The van der Waals surface area contributed by atoms with Gasteiger partial charge in [-0.2, -0.15) is 24.4 Å². The second-order valence-electron chi connectivity index (χ2n) is 5.59. The molecule has 1 nitrogen and oxygen atoms in total. The predicted molar refractivity (Wildman–Crippen MR) is 91.2 cm³/mol. The van der Waals surface area contributed by atoms with Gasteiger partial charge >= 0.3 is 0 Å². The first-order valence-corrected chi connectivity index (χ1v) is 9.41. The minimum absolute atomic E-state index is 0.424. The molecule has 1 unspecified atom stereocenters. The molecule has 0 spiro atoms. The third kappa shape index (κ3) is 6.21. The van der Waals surface area contributed by atoms with Gasteiger partial charge in [-0.15, -0.1) is 0 Å². The van der Waals surface area contributed by atoms with Crippen LogP contribution in [0.2, 0.25) is 0 Å². The van der Waals surface area contributed by atoms with Crippen molar-refractivity contribution in [1.29, 1.82) is 0 Å². The van der Waals surface area contributed by atoms with Crippen LogP contribution in [0.4, 0.5) is 0 Å². The maximum absolute atomic E-state index is 4.66. The SMILES string of the molecule is CCCC(CS)(CCC)CN(C)C(CC)CSC. The van der Waals surface area contributed by atoms with Gasteiger partial charge in [0.25, 0.3) is 0 Å². The molecule has 0 heterocycles. The average molecular weight is 292 g/mol. The van der Waals surface area contributed by atoms with Crippen LogP contribution in [0.5, 0.6) is 0 Å². The molecule has 0 aromatic rings. The van der Waals surface area contributed by atoms with Crippen LogP contribution in [0.3, 0.4) is 0 Å². The summed E-state index contributed by atoms with van der Waals surface area (Å²) in [4.78, 5) is 2.58. The van der Waals surface area contributed by atoms with Gasteiger partial charge in [0.2, 0.25) is 0 Å². The number of rotatable bonds is 11. The highest BCUT2D eigenvalue weighted by Gasteiger charge is 2.30. The smallest absolute Gasteiger partial charge is 0.0180 e. The summed E-state index contributed by atoms with van der Waals surface area (Å²) in [5.41, 5.74) is 0.424. The summed E-state index contributed by atoms with van der Waals surface area (Å²) in [6.07, 6.45) is 8.62. The van der Waals surface area contributed by atoms with E-state index in [-0.39, 0.29) is 0 Å². The largest absolute Gasteiger partial charge is 0.302 e. The standard InChI is InChI=1S/C15H33NS2/c1-6-9-15(13-17,10-7-2)12-16(4)14(8-3)11-18-5/h14,17H,6-13H2,1-5H3. The third-order valence-electron chi connectivity index (χ3n) is 3.93. The molecule has 0 aromatic carbocycles. The van der Waals surface area contributed by atoms with Crippen LogP contribution in [0, 0.1) is 5.41 Å². The summed E-state index contributed by atoms with van der Waals surface area (Å²) in [5, 5.41) is 0. The Kier molecular flexibility index (Phi) is 10.8. The quantitative estimate of drug-likeness (QED) is 0.555. The Morgan fingerprint density at radius 3 is 2.06 bits per heavy atom. The first kappa shape index (κ1) is 18.7. The van der Waals surface area contributed by atoms with E-state index in [2.05, 4.69) is 51.6 Å². The van der Waals surface area contributed by atoms with E-state index in [1.54, 1.807) is 0 Å². The van der Waals surface area contributed by atoms with Gasteiger partial charge < -0.3 is 4.90 Å². The molecule has 0 aliphatic carbocycles. The predicted octanol–water partition coefficient (Wildman–Crippen LogP) is 4.58. The van der Waals surface area contributed by atoms with Gasteiger partial charge in [0.05, 0.1) is 0 Å². The molecule has 3 heteroatoms. The molecule has 0 rings (SSSR count). The van der Waals surface area contributed by atoms with Gasteiger partial charge in [0.1, 0.15) is 0 Å². The van der Waals surface area contributed by atoms with Gasteiger partial charge in [-0.05, 0) is 43.7 Å². The molecule has 0 aliphatic heterocycles. The zero-order valence-electron chi connectivity index (χ0n) is 13.0. The number of thiol groups is 1. The molecule has 0 N–H and O–H groups in total. The van der Waals surface area contributed by atoms with Crippen LogP contribution in [0.15, 0.2) is 0 Å². The Hall–Kier alpha value is 0.660. The maximum atomic E-state index is 4.66. The summed E-state index contributed by atoms with van der Waals surface area (Å²) in [7, 11) is 2.30. The molecule has 1 atom stereocenters. The highest BCUT2D eigenvalue weighted by Crippen LogP contribution is 2.33. The molecule has 0 radical (unpaired) electrons. The lowest BCUT2D eigenvalue weighted by Crippen LogP contribution is -2.43. The number of thioether (sulfide) groups is 1. The van der Waals surface area contributed by atoms with E-state index in [0.717, 1.165) is 5.75 Å². The molecule has 0 aliphatic rings. The first-order chi connectivity index (χ1) is 8.59. The van der Waals surface area contributed by atoms with Gasteiger partial charge in [-0.1, -0.05) is 33.6 Å². The summed E-state index contributed by atoms with van der Waals surface area (Å²) < 4.78 is 0. The molecule has 0 aromatic heterocycles. The van der Waals surface area contributed by atoms with Crippen molar-refractivity contribution in [3.05, 3.63) is 0 Å². The summed E-state index contributed by atoms with van der Waals surface area (Å²) in [6, 6.07) is 0.716. The fraction of sp³-hybridized carbons (Fsp3) is 1.00. The van der Waals surface area contributed by atoms with Crippen molar-refractivity contribution in [2.75, 3.05) is 31.4 Å². The fourth-order valence-electron chi connectivity index (χ4n) is 2.96. The normalized spacial score (nSPS) is 14.2. The second-order valence-corrected chi connectivity index (χ2v) is 6.82. The third-order valence-corrected chi connectivity index (χ3v) is 5.32. The van der Waals surface area contributed by atoms with Gasteiger partial charge in [0, 0.05) is 18.3 Å². The monoisotopic (exact) mass is 291 g/mol. The molecule has 0 amide bonds. The van der Waals surface area contributed by atoms with Crippen molar-refractivity contribution in [3.63, 3.8) is 0 Å². The molecule has 18 heavy (non-hydrogen) atoms. The lowest BCUT2D eigenvalue weighted by molar-refractivity contribution is 0.139. The van der Waals surface area contributed by atoms with E-state index in [0.29, 0.717) is 11.5 Å². The Morgan fingerprint density at radius 2 is 1.72 bits per heavy atom. The topological polar surface area (TPSA) is 3.24 Å². The van der Waals surface area contributed by atoms with Crippen molar-refractivity contribution in [2.24, 2.45) is 5.41 Å². The van der Waals surface area contributed by atoms with Crippen LogP contribution in [-0.2, 0) is 0 Å². The van der Waals surface area contributed by atoms with Crippen LogP contribution < -0.4 is 0 Å². The van der Waals surface area contributed by atoms with Crippen LogP contribution in [0.25, 0.3) is 0 Å². The van der Waals surface area contributed by atoms with Crippen molar-refractivity contribution in [1.82, 2.24) is 4.90 Å². The van der Waals surface area contributed by atoms with Crippen molar-refractivity contribution in [3.8, 4) is 0 Å². The number of nitrogens with zero attached hydrogens (tertiary/aromatic N) is 1. The van der Waals surface area contributed by atoms with E-state index in [1.165, 1.54) is 44.4 Å². The number of hydrogen-bond acceptors (Lipinski definition) is 3. The van der Waals surface area contributed by atoms with Gasteiger partial charge in [-0.3, -0.25) is 0 Å². The zero-order chi connectivity index (χ0) is 14.0. The molecule has 0 fully saturated rings. The summed E-state index contributed by atoms with van der Waals surface area (Å²) in [5.74, 6) is 2.27. The molecule has 0 saturated heterocycles.